The molecule has 1 amide bonds. The molecular weight excluding hydrogens is 344 g/mol. The van der Waals surface area contributed by atoms with E-state index >= 15 is 0 Å². The van der Waals surface area contributed by atoms with Gasteiger partial charge in [-0.3, -0.25) is 4.79 Å². The minimum absolute atomic E-state index is 0.0128. The molecule has 0 unspecified atom stereocenters. The number of fused-ring (bicyclic) bond motifs is 3. The van der Waals surface area contributed by atoms with Crippen LogP contribution in [0.3, 0.4) is 0 Å². The molecule has 4 rings (SSSR count). The summed E-state index contributed by atoms with van der Waals surface area (Å²) >= 11 is 7.05. The van der Waals surface area contributed by atoms with Gasteiger partial charge in [0, 0.05) is 11.3 Å². The second-order valence-electron chi connectivity index (χ2n) is 6.87. The average Bonchev–Trinajstić information content (AvgIpc) is 3.17. The number of halogens is 1. The Labute approximate surface area is 139 Å². The lowest BCUT2D eigenvalue weighted by molar-refractivity contribution is -0.115. The van der Waals surface area contributed by atoms with Crippen LogP contribution in [-0.2, 0) is 14.6 Å². The number of aliphatic imine (C=N–C) groups is 1. The van der Waals surface area contributed by atoms with Crippen molar-refractivity contribution >= 4 is 44.3 Å². The number of thioether (sulfide) groups is 1. The van der Waals surface area contributed by atoms with Crippen molar-refractivity contribution in [2.24, 2.45) is 16.8 Å². The zero-order valence-corrected chi connectivity index (χ0v) is 14.5. The van der Waals surface area contributed by atoms with Crippen LogP contribution in [0.25, 0.3) is 0 Å². The predicted molar refractivity (Wildman–Crippen MR) is 88.1 cm³/mol. The van der Waals surface area contributed by atoms with Gasteiger partial charge in [0.15, 0.2) is 15.0 Å². The molecule has 2 bridgehead atoms. The molecule has 8 heteroatoms. The fraction of sp³-hybridized carbons (Fsp3) is 0.857. The van der Waals surface area contributed by atoms with Crippen LogP contribution in [-0.4, -0.2) is 59.1 Å². The maximum Gasteiger partial charge on any atom is 0.262 e. The summed E-state index contributed by atoms with van der Waals surface area (Å²) in [6.07, 6.45) is 4.87. The van der Waals surface area contributed by atoms with Gasteiger partial charge in [-0.05, 0) is 31.1 Å². The van der Waals surface area contributed by atoms with E-state index in [1.807, 2.05) is 0 Å². The van der Waals surface area contributed by atoms with Gasteiger partial charge in [0.2, 0.25) is 0 Å². The lowest BCUT2D eigenvalue weighted by Gasteiger charge is -2.36. The third-order valence-corrected chi connectivity index (χ3v) is 8.95. The Morgan fingerprint density at radius 1 is 1.27 bits per heavy atom. The van der Waals surface area contributed by atoms with E-state index in [-0.39, 0.29) is 34.6 Å². The smallest absolute Gasteiger partial charge is 0.262 e. The standard InChI is InChI=1S/C14H19ClN2O3S2/c15-5-13(18)16-14-17(10-4-8-1-2-9(10)3-8)11-6-22(19,20)7-12(11)21-14/h8-12H,1-7H2/t8-,9-,10-,11-,12+/m0/s1. The van der Waals surface area contributed by atoms with E-state index < -0.39 is 9.84 Å². The maximum atomic E-state index is 12.0. The lowest BCUT2D eigenvalue weighted by Crippen LogP contribution is -2.47. The van der Waals surface area contributed by atoms with Crippen LogP contribution in [0.4, 0.5) is 0 Å². The summed E-state index contributed by atoms with van der Waals surface area (Å²) < 4.78 is 24.0. The van der Waals surface area contributed by atoms with E-state index in [2.05, 4.69) is 9.89 Å². The average molecular weight is 363 g/mol. The summed E-state index contributed by atoms with van der Waals surface area (Å²) in [6, 6.07) is 0.345. The van der Waals surface area contributed by atoms with Crippen molar-refractivity contribution in [2.75, 3.05) is 17.4 Å². The highest BCUT2D eigenvalue weighted by Gasteiger charge is 2.54. The van der Waals surface area contributed by atoms with E-state index in [4.69, 9.17) is 11.6 Å². The number of amidine groups is 1. The van der Waals surface area contributed by atoms with Gasteiger partial charge in [-0.25, -0.2) is 8.42 Å². The Morgan fingerprint density at radius 3 is 2.73 bits per heavy atom. The lowest BCUT2D eigenvalue weighted by atomic mass is 9.93. The molecule has 0 N–H and O–H groups in total. The number of hydrogen-bond acceptors (Lipinski definition) is 4. The highest BCUT2D eigenvalue weighted by molar-refractivity contribution is 8.15. The Balaban J connectivity index is 1.66. The summed E-state index contributed by atoms with van der Waals surface area (Å²) in [7, 11) is -2.97. The molecule has 22 heavy (non-hydrogen) atoms. The topological polar surface area (TPSA) is 66.8 Å². The van der Waals surface area contributed by atoms with Crippen molar-refractivity contribution in [2.45, 2.75) is 43.0 Å². The van der Waals surface area contributed by atoms with Gasteiger partial charge in [0.25, 0.3) is 5.91 Å². The maximum absolute atomic E-state index is 12.0. The fourth-order valence-corrected chi connectivity index (χ4v) is 8.72. The van der Waals surface area contributed by atoms with Crippen molar-refractivity contribution in [3.8, 4) is 0 Å². The number of carbonyl (C=O) groups is 1. The predicted octanol–water partition coefficient (Wildman–Crippen LogP) is 1.51. The number of nitrogens with zero attached hydrogens (tertiary/aromatic N) is 2. The number of amides is 1. The van der Waals surface area contributed by atoms with Crippen LogP contribution in [0.2, 0.25) is 0 Å². The van der Waals surface area contributed by atoms with Crippen molar-refractivity contribution in [3.05, 3.63) is 0 Å². The second kappa shape index (κ2) is 5.38. The van der Waals surface area contributed by atoms with Crippen molar-refractivity contribution in [1.82, 2.24) is 4.90 Å². The first-order chi connectivity index (χ1) is 10.5. The molecule has 122 valence electrons. The molecule has 0 spiro atoms. The molecule has 0 radical (unpaired) electrons. The zero-order valence-electron chi connectivity index (χ0n) is 12.2. The molecule has 0 aromatic carbocycles. The third-order valence-electron chi connectivity index (χ3n) is 5.50. The third kappa shape index (κ3) is 2.49. The fourth-order valence-electron chi connectivity index (χ4n) is 4.67. The zero-order chi connectivity index (χ0) is 15.5. The van der Waals surface area contributed by atoms with Gasteiger partial charge >= 0.3 is 0 Å². The van der Waals surface area contributed by atoms with Gasteiger partial charge < -0.3 is 4.90 Å². The largest absolute Gasteiger partial charge is 0.343 e. The van der Waals surface area contributed by atoms with Crippen LogP contribution in [0.1, 0.15) is 25.7 Å². The second-order valence-corrected chi connectivity index (χ2v) is 10.5. The van der Waals surface area contributed by atoms with E-state index in [1.54, 1.807) is 0 Å². The Hall–Kier alpha value is -0.270. The molecule has 2 saturated carbocycles. The highest BCUT2D eigenvalue weighted by atomic mass is 35.5. The summed E-state index contributed by atoms with van der Waals surface area (Å²) in [5, 5.41) is 0.735. The van der Waals surface area contributed by atoms with Crippen molar-refractivity contribution < 1.29 is 13.2 Å². The Morgan fingerprint density at radius 2 is 2.09 bits per heavy atom. The number of alkyl halides is 1. The van der Waals surface area contributed by atoms with Crippen LogP contribution in [0.5, 0.6) is 0 Å². The first-order valence-electron chi connectivity index (χ1n) is 7.80. The summed E-state index contributed by atoms with van der Waals surface area (Å²) in [5.74, 6) is 1.34. The molecule has 5 nitrogen and oxygen atoms in total. The molecule has 2 heterocycles. The quantitative estimate of drug-likeness (QED) is 0.696. The Kier molecular flexibility index (Phi) is 3.73. The first-order valence-corrected chi connectivity index (χ1v) is 11.0. The molecule has 5 atom stereocenters. The first kappa shape index (κ1) is 15.3. The SMILES string of the molecule is O=C(CCl)N=C1S[C@@H]2CS(=O)(=O)C[C@@H]2N1[C@H]1C[C@H]2CC[C@H]1C2. The summed E-state index contributed by atoms with van der Waals surface area (Å²) in [6.45, 7) is 0. The number of sulfone groups is 1. The number of carbonyl (C=O) groups excluding carboxylic acids is 1. The van der Waals surface area contributed by atoms with Crippen LogP contribution < -0.4 is 0 Å². The van der Waals surface area contributed by atoms with Gasteiger partial charge in [0.1, 0.15) is 5.88 Å². The van der Waals surface area contributed by atoms with Crippen LogP contribution >= 0.6 is 23.4 Å². The number of rotatable bonds is 2. The van der Waals surface area contributed by atoms with Crippen molar-refractivity contribution in [1.29, 1.82) is 0 Å². The molecular formula is C14H19ClN2O3S2. The van der Waals surface area contributed by atoms with E-state index in [1.165, 1.54) is 31.0 Å². The molecule has 2 aliphatic heterocycles. The van der Waals surface area contributed by atoms with Crippen LogP contribution in [0.15, 0.2) is 4.99 Å². The van der Waals surface area contributed by atoms with E-state index in [0.717, 1.165) is 12.3 Å². The summed E-state index contributed by atoms with van der Waals surface area (Å²) in [5.41, 5.74) is 0. The van der Waals surface area contributed by atoms with E-state index in [9.17, 15) is 13.2 Å². The molecule has 0 aromatic heterocycles. The van der Waals surface area contributed by atoms with Crippen LogP contribution in [0, 0.1) is 11.8 Å². The molecule has 4 aliphatic rings. The van der Waals surface area contributed by atoms with Crippen molar-refractivity contribution in [3.63, 3.8) is 0 Å². The van der Waals surface area contributed by atoms with Gasteiger partial charge in [-0.2, -0.15) is 4.99 Å². The molecule has 2 saturated heterocycles. The minimum atomic E-state index is -2.97. The van der Waals surface area contributed by atoms with E-state index in [0.29, 0.717) is 17.1 Å². The molecule has 4 fully saturated rings. The monoisotopic (exact) mass is 362 g/mol. The Bertz CT molecular complexity index is 636. The van der Waals surface area contributed by atoms with Gasteiger partial charge in [0.05, 0.1) is 17.5 Å². The normalized spacial score (nSPS) is 44.0. The molecule has 0 aromatic rings. The van der Waals surface area contributed by atoms with Gasteiger partial charge in [-0.15, -0.1) is 11.6 Å². The molecule has 2 aliphatic carbocycles. The number of hydrogen-bond donors (Lipinski definition) is 0. The van der Waals surface area contributed by atoms with Gasteiger partial charge in [-0.1, -0.05) is 18.2 Å². The summed E-state index contributed by atoms with van der Waals surface area (Å²) in [4.78, 5) is 18.0. The highest BCUT2D eigenvalue weighted by Crippen LogP contribution is 2.51. The minimum Gasteiger partial charge on any atom is -0.343 e.